The number of hydrazone groups is 1. The maximum atomic E-state index is 12.4. The fourth-order valence-corrected chi connectivity index (χ4v) is 3.98. The number of nitrogens with one attached hydrogen (secondary N) is 1. The van der Waals surface area contributed by atoms with Crippen molar-refractivity contribution >= 4 is 35.5 Å². The first kappa shape index (κ1) is 23.5. The van der Waals surface area contributed by atoms with Crippen LogP contribution in [0.2, 0.25) is 5.02 Å². The number of hydrogen-bond acceptors (Lipinski definition) is 6. The molecular formula is C25H22ClN5O2S. The van der Waals surface area contributed by atoms with Gasteiger partial charge in [0, 0.05) is 16.3 Å². The van der Waals surface area contributed by atoms with E-state index in [1.807, 2.05) is 72.2 Å². The van der Waals surface area contributed by atoms with Crippen LogP contribution in [-0.2, 0) is 4.79 Å². The van der Waals surface area contributed by atoms with Gasteiger partial charge in [0.05, 0.1) is 19.1 Å². The normalized spacial score (nSPS) is 11.0. The first-order valence-corrected chi connectivity index (χ1v) is 11.8. The van der Waals surface area contributed by atoms with E-state index in [4.69, 9.17) is 16.3 Å². The molecule has 34 heavy (non-hydrogen) atoms. The molecule has 0 unspecified atom stereocenters. The van der Waals surface area contributed by atoms with Crippen LogP contribution in [0.4, 0.5) is 0 Å². The maximum absolute atomic E-state index is 12.4. The second-order valence-corrected chi connectivity index (χ2v) is 8.72. The van der Waals surface area contributed by atoms with Gasteiger partial charge in [0.1, 0.15) is 5.75 Å². The Morgan fingerprint density at radius 1 is 1.06 bits per heavy atom. The van der Waals surface area contributed by atoms with Crippen molar-refractivity contribution in [2.75, 3.05) is 12.9 Å². The zero-order chi connectivity index (χ0) is 23.9. The highest BCUT2D eigenvalue weighted by molar-refractivity contribution is 7.99. The number of aromatic nitrogens is 3. The van der Waals surface area contributed by atoms with Gasteiger partial charge in [-0.1, -0.05) is 65.3 Å². The first-order valence-electron chi connectivity index (χ1n) is 10.4. The molecule has 4 rings (SSSR count). The van der Waals surface area contributed by atoms with Crippen molar-refractivity contribution in [1.82, 2.24) is 20.2 Å². The zero-order valence-corrected chi connectivity index (χ0v) is 20.2. The average Bonchev–Trinajstić information content (AvgIpc) is 3.28. The summed E-state index contributed by atoms with van der Waals surface area (Å²) in [7, 11) is 1.63. The summed E-state index contributed by atoms with van der Waals surface area (Å²) in [5.74, 6) is 1.31. The summed E-state index contributed by atoms with van der Waals surface area (Å²) in [6, 6.07) is 22.8. The highest BCUT2D eigenvalue weighted by atomic mass is 35.5. The molecule has 0 spiro atoms. The number of nitrogens with zero attached hydrogens (tertiary/aromatic N) is 4. The molecule has 1 heterocycles. The minimum atomic E-state index is -0.253. The van der Waals surface area contributed by atoms with Crippen molar-refractivity contribution in [3.8, 4) is 22.8 Å². The van der Waals surface area contributed by atoms with Gasteiger partial charge in [0.15, 0.2) is 11.0 Å². The third-order valence-electron chi connectivity index (χ3n) is 4.88. The van der Waals surface area contributed by atoms with Crippen molar-refractivity contribution in [2.45, 2.75) is 12.1 Å². The number of aryl methyl sites for hydroxylation is 1. The van der Waals surface area contributed by atoms with E-state index in [0.29, 0.717) is 16.0 Å². The van der Waals surface area contributed by atoms with E-state index in [1.54, 1.807) is 25.5 Å². The number of thioether (sulfide) groups is 1. The average molecular weight is 492 g/mol. The zero-order valence-electron chi connectivity index (χ0n) is 18.6. The van der Waals surface area contributed by atoms with E-state index in [2.05, 4.69) is 20.7 Å². The second kappa shape index (κ2) is 11.0. The molecule has 0 radical (unpaired) electrons. The summed E-state index contributed by atoms with van der Waals surface area (Å²) in [6.45, 7) is 2.04. The topological polar surface area (TPSA) is 81.4 Å². The van der Waals surface area contributed by atoms with Crippen molar-refractivity contribution in [3.05, 3.63) is 88.9 Å². The molecule has 0 aliphatic rings. The fraction of sp³-hybridized carbons (Fsp3) is 0.120. The van der Waals surface area contributed by atoms with Gasteiger partial charge >= 0.3 is 0 Å². The lowest BCUT2D eigenvalue weighted by Crippen LogP contribution is -2.20. The molecule has 1 aromatic heterocycles. The summed E-state index contributed by atoms with van der Waals surface area (Å²) in [6.07, 6.45) is 1.56. The standard InChI is InChI=1S/C25H22ClN5O2S/c1-17-3-7-19(8-4-17)24-29-30-25(31(24)21-11-13-22(33-2)14-12-21)34-16-23(32)28-27-15-18-5-9-20(26)10-6-18/h3-15H,16H2,1-2H3,(H,28,32)/b27-15+. The Hall–Kier alpha value is -3.62. The molecule has 1 N–H and O–H groups in total. The molecular weight excluding hydrogens is 470 g/mol. The van der Waals surface area contributed by atoms with Gasteiger partial charge in [-0.15, -0.1) is 10.2 Å². The van der Waals surface area contributed by atoms with Crippen molar-refractivity contribution in [3.63, 3.8) is 0 Å². The van der Waals surface area contributed by atoms with E-state index >= 15 is 0 Å². The lowest BCUT2D eigenvalue weighted by Gasteiger charge is -2.11. The molecule has 3 aromatic carbocycles. The molecule has 7 nitrogen and oxygen atoms in total. The summed E-state index contributed by atoms with van der Waals surface area (Å²) in [4.78, 5) is 12.4. The number of carbonyl (C=O) groups excluding carboxylic acids is 1. The molecule has 0 aliphatic heterocycles. The van der Waals surface area contributed by atoms with Gasteiger partial charge in [0.25, 0.3) is 5.91 Å². The first-order chi connectivity index (χ1) is 16.5. The Balaban J connectivity index is 1.52. The smallest absolute Gasteiger partial charge is 0.250 e. The van der Waals surface area contributed by atoms with Gasteiger partial charge in [0.2, 0.25) is 0 Å². The number of carbonyl (C=O) groups is 1. The lowest BCUT2D eigenvalue weighted by molar-refractivity contribution is -0.118. The number of amides is 1. The molecule has 0 aliphatic carbocycles. The fourth-order valence-electron chi connectivity index (χ4n) is 3.11. The highest BCUT2D eigenvalue weighted by Crippen LogP contribution is 2.29. The quantitative estimate of drug-likeness (QED) is 0.209. The molecule has 9 heteroatoms. The lowest BCUT2D eigenvalue weighted by atomic mass is 10.1. The second-order valence-electron chi connectivity index (χ2n) is 7.34. The van der Waals surface area contributed by atoms with Crippen LogP contribution in [0.1, 0.15) is 11.1 Å². The number of methoxy groups -OCH3 is 1. The van der Waals surface area contributed by atoms with E-state index in [1.165, 1.54) is 11.8 Å². The van der Waals surface area contributed by atoms with Gasteiger partial charge in [-0.3, -0.25) is 9.36 Å². The summed E-state index contributed by atoms with van der Waals surface area (Å²) in [5, 5.41) is 14.0. The summed E-state index contributed by atoms with van der Waals surface area (Å²) < 4.78 is 7.21. The molecule has 4 aromatic rings. The minimum absolute atomic E-state index is 0.125. The molecule has 0 bridgehead atoms. The third-order valence-corrected chi connectivity index (χ3v) is 6.06. The Morgan fingerprint density at radius 3 is 2.44 bits per heavy atom. The van der Waals surface area contributed by atoms with Crippen LogP contribution in [0.5, 0.6) is 5.75 Å². The minimum Gasteiger partial charge on any atom is -0.497 e. The number of hydrogen-bond donors (Lipinski definition) is 1. The monoisotopic (exact) mass is 491 g/mol. The summed E-state index contributed by atoms with van der Waals surface area (Å²) in [5.41, 5.74) is 6.32. The van der Waals surface area contributed by atoms with Gasteiger partial charge in [-0.2, -0.15) is 5.10 Å². The van der Waals surface area contributed by atoms with Crippen molar-refractivity contribution in [1.29, 1.82) is 0 Å². The van der Waals surface area contributed by atoms with E-state index in [0.717, 1.165) is 28.1 Å². The Labute approximate surface area is 206 Å². The molecule has 172 valence electrons. The summed E-state index contributed by atoms with van der Waals surface area (Å²) >= 11 is 7.16. The predicted molar refractivity (Wildman–Crippen MR) is 136 cm³/mol. The van der Waals surface area contributed by atoms with Crippen LogP contribution in [0.3, 0.4) is 0 Å². The van der Waals surface area contributed by atoms with Crippen LogP contribution in [0.15, 0.2) is 83.1 Å². The van der Waals surface area contributed by atoms with Gasteiger partial charge in [-0.05, 0) is 48.9 Å². The Morgan fingerprint density at radius 2 is 1.76 bits per heavy atom. The van der Waals surface area contributed by atoms with Crippen LogP contribution < -0.4 is 10.2 Å². The number of halogens is 1. The maximum Gasteiger partial charge on any atom is 0.250 e. The molecule has 0 fully saturated rings. The molecule has 0 atom stereocenters. The van der Waals surface area contributed by atoms with Crippen molar-refractivity contribution < 1.29 is 9.53 Å². The largest absolute Gasteiger partial charge is 0.497 e. The van der Waals surface area contributed by atoms with Gasteiger partial charge < -0.3 is 4.74 Å². The van der Waals surface area contributed by atoms with Crippen LogP contribution >= 0.6 is 23.4 Å². The molecule has 0 saturated carbocycles. The van der Waals surface area contributed by atoms with Crippen molar-refractivity contribution in [2.24, 2.45) is 5.10 Å². The van der Waals surface area contributed by atoms with E-state index in [-0.39, 0.29) is 11.7 Å². The van der Waals surface area contributed by atoms with Crippen LogP contribution in [0.25, 0.3) is 17.1 Å². The highest BCUT2D eigenvalue weighted by Gasteiger charge is 2.17. The number of benzene rings is 3. The molecule has 0 saturated heterocycles. The van der Waals surface area contributed by atoms with E-state index < -0.39 is 0 Å². The Bertz CT molecular complexity index is 1290. The van der Waals surface area contributed by atoms with E-state index in [9.17, 15) is 4.79 Å². The molecule has 1 amide bonds. The third kappa shape index (κ3) is 5.84. The Kier molecular flexibility index (Phi) is 7.61. The van der Waals surface area contributed by atoms with Gasteiger partial charge in [-0.25, -0.2) is 5.43 Å². The van der Waals surface area contributed by atoms with Crippen LogP contribution in [0, 0.1) is 6.92 Å². The number of rotatable bonds is 8. The predicted octanol–water partition coefficient (Wildman–Crippen LogP) is 5.15. The number of ether oxygens (including phenoxy) is 1. The van der Waals surface area contributed by atoms with Crippen LogP contribution in [-0.4, -0.2) is 39.7 Å². The SMILES string of the molecule is COc1ccc(-n2c(SCC(=O)N/N=C/c3ccc(Cl)cc3)nnc2-c2ccc(C)cc2)cc1.